The smallest absolute Gasteiger partial charge is 0.160 e. The molecule has 636 valence electrons. The summed E-state index contributed by atoms with van der Waals surface area (Å²) in [6.07, 6.45) is 3.56. The quantitative estimate of drug-likeness (QED) is 0.105. The van der Waals surface area contributed by atoms with Gasteiger partial charge in [-0.05, 0) is 165 Å². The Morgan fingerprint density at radius 2 is 0.526 bits per heavy atom. The molecule has 26 aromatic rings. The van der Waals surface area contributed by atoms with Crippen LogP contribution in [0.5, 0.6) is 0 Å². The lowest BCUT2D eigenvalue weighted by Crippen LogP contribution is -1.96. The van der Waals surface area contributed by atoms with Gasteiger partial charge in [-0.1, -0.05) is 315 Å². The van der Waals surface area contributed by atoms with E-state index >= 15 is 0 Å². The van der Waals surface area contributed by atoms with Crippen molar-refractivity contribution in [1.82, 2.24) is 34.9 Å². The molecule has 0 unspecified atom stereocenters. The van der Waals surface area contributed by atoms with E-state index in [4.69, 9.17) is 38.2 Å². The lowest BCUT2D eigenvalue weighted by atomic mass is 9.94. The molecular formula is C124H72N10O3. The molecule has 0 bridgehead atoms. The van der Waals surface area contributed by atoms with Gasteiger partial charge in [-0.15, -0.1) is 0 Å². The Labute approximate surface area is 785 Å². The van der Waals surface area contributed by atoms with Crippen LogP contribution < -0.4 is 0 Å². The average Bonchev–Trinajstić information content (AvgIpc) is 1.57. The zero-order chi connectivity index (χ0) is 91.4. The van der Waals surface area contributed by atoms with Crippen molar-refractivity contribution in [3.63, 3.8) is 0 Å². The molecule has 0 aliphatic carbocycles. The van der Waals surface area contributed by atoms with E-state index in [0.717, 1.165) is 249 Å². The molecular weight excluding hydrogens is 1680 g/mol. The molecule has 17 aromatic carbocycles. The molecule has 9 aromatic heterocycles. The molecule has 137 heavy (non-hydrogen) atoms. The zero-order valence-corrected chi connectivity index (χ0v) is 73.3. The van der Waals surface area contributed by atoms with E-state index in [1.165, 1.54) is 0 Å². The van der Waals surface area contributed by atoms with Crippen LogP contribution in [0.3, 0.4) is 0 Å². The molecule has 13 heteroatoms. The number of nitrogens with zero attached hydrogens (tertiary/aromatic N) is 10. The van der Waals surface area contributed by atoms with E-state index in [1.54, 1.807) is 12.4 Å². The Morgan fingerprint density at radius 3 is 0.964 bits per heavy atom. The van der Waals surface area contributed by atoms with Crippen molar-refractivity contribution >= 4 is 120 Å². The molecule has 0 aliphatic heterocycles. The molecule has 0 aliphatic rings. The summed E-state index contributed by atoms with van der Waals surface area (Å²) in [5, 5.41) is 43.4. The first-order chi connectivity index (χ1) is 67.7. The highest BCUT2D eigenvalue weighted by Gasteiger charge is 2.24. The van der Waals surface area contributed by atoms with Crippen molar-refractivity contribution < 1.29 is 13.3 Å². The lowest BCUT2D eigenvalue weighted by molar-refractivity contribution is 0.672. The Morgan fingerprint density at radius 1 is 0.190 bits per heavy atom. The number of nitriles is 3. The van der Waals surface area contributed by atoms with Crippen LogP contribution in [0.2, 0.25) is 0 Å². The molecule has 0 spiro atoms. The molecule has 0 N–H and O–H groups in total. The fraction of sp³-hybridized carbons (Fsp3) is 0. The summed E-state index contributed by atoms with van der Waals surface area (Å²) in [4.78, 5) is 34.2. The van der Waals surface area contributed by atoms with Gasteiger partial charge in [-0.2, -0.15) is 15.8 Å². The monoisotopic (exact) mass is 1750 g/mol. The van der Waals surface area contributed by atoms with Crippen LogP contribution in [0, 0.1) is 34.0 Å². The van der Waals surface area contributed by atoms with Gasteiger partial charge in [0, 0.05) is 116 Å². The van der Waals surface area contributed by atoms with Gasteiger partial charge in [0.05, 0.1) is 91.5 Å². The molecule has 0 amide bonds. The summed E-state index contributed by atoms with van der Waals surface area (Å²) >= 11 is 0. The zero-order valence-electron chi connectivity index (χ0n) is 73.3. The molecule has 0 radical (unpaired) electrons. The summed E-state index contributed by atoms with van der Waals surface area (Å²) in [7, 11) is 0. The highest BCUT2D eigenvalue weighted by molar-refractivity contribution is 6.23. The maximum atomic E-state index is 10.0. The van der Waals surface area contributed by atoms with Gasteiger partial charge in [0.15, 0.2) is 5.82 Å². The van der Waals surface area contributed by atoms with E-state index in [2.05, 4.69) is 222 Å². The minimum atomic E-state index is 0.640. The second-order valence-electron chi connectivity index (χ2n) is 33.8. The SMILES string of the molecule is N#Cc1cc2c(oc3cccc(-c4ccc(-c5cc(-c6ccccn6)nc(-c6ccccn6)c5)cc4)c32)c2ccccc12.N#Cc1cc2c(oc3cccc(-c4cccc(-c5ccc6ccc7ccc(-c8ccccc8)nc7c6n5)c4)c32)c2ccccc12.N#Cc1cc2c(oc3cccc(-c4cccc(-c5cccc(-c6cc(-c7ccccc7)nc(-c7ccccc7)n6)c5)c4)c32)c2ccccc12. The lowest BCUT2D eigenvalue weighted by Gasteiger charge is -2.11. The minimum Gasteiger partial charge on any atom is -0.455 e. The Kier molecular flexibility index (Phi) is 20.4. The van der Waals surface area contributed by atoms with Gasteiger partial charge < -0.3 is 13.3 Å². The van der Waals surface area contributed by atoms with Crippen molar-refractivity contribution in [2.24, 2.45) is 0 Å². The van der Waals surface area contributed by atoms with Gasteiger partial charge >= 0.3 is 0 Å². The average molecular weight is 1750 g/mol. The maximum absolute atomic E-state index is 10.0. The predicted octanol–water partition coefficient (Wildman–Crippen LogP) is 31.9. The van der Waals surface area contributed by atoms with Crippen LogP contribution in [0.1, 0.15) is 16.7 Å². The van der Waals surface area contributed by atoms with Gasteiger partial charge in [0.25, 0.3) is 0 Å². The number of pyridine rings is 5. The van der Waals surface area contributed by atoms with Crippen molar-refractivity contribution in [3.8, 4) is 153 Å². The summed E-state index contributed by atoms with van der Waals surface area (Å²) in [5.41, 5.74) is 31.0. The van der Waals surface area contributed by atoms with Crippen molar-refractivity contribution in [2.75, 3.05) is 0 Å². The normalized spacial score (nSPS) is 11.3. The van der Waals surface area contributed by atoms with Crippen LogP contribution in [0.4, 0.5) is 0 Å². The fourth-order valence-electron chi connectivity index (χ4n) is 19.1. The van der Waals surface area contributed by atoms with Gasteiger partial charge in [-0.3, -0.25) is 9.97 Å². The summed E-state index contributed by atoms with van der Waals surface area (Å²) < 4.78 is 19.3. The first-order valence-corrected chi connectivity index (χ1v) is 45.1. The number of fused-ring (bicyclic) bond motifs is 18. The van der Waals surface area contributed by atoms with E-state index < -0.39 is 0 Å². The minimum absolute atomic E-state index is 0.640. The van der Waals surface area contributed by atoms with Crippen LogP contribution in [0.15, 0.2) is 450 Å². The standard InChI is InChI=1S/C45H27N3O.C41H23N3O.C38H22N4O/c46-28-35-26-39-43-37(22-11-23-42(43)49-44(39)38-21-8-7-20-36(35)38)33-18-9-16-31(24-33)32-17-10-19-34(25-32)41-27-40(29-12-3-1-4-13-29)47-45(48-41)30-14-5-2-6-15-30;42-24-30-23-34-38-32(14-7-15-37(38)45-41(34)33-13-5-4-12-31(30)33)28-10-6-11-29(22-28)36-21-19-27-17-16-26-18-20-35(25-8-2-1-3-9-25)43-39(26)40(27)44-36;39-23-27-20-31-37-29(10-7-13-36(37)43-38(31)30-9-2-1-8-28(27)30)25-16-14-24(15-17-25)26-21-34(32-11-3-5-18-40-32)42-35(22-26)33-12-4-6-19-41-33/h1-27H;1-23H;1-22H. The second kappa shape index (κ2) is 34.6. The molecule has 0 saturated carbocycles. The molecule has 0 atom stereocenters. The number of hydrogen-bond donors (Lipinski definition) is 0. The molecule has 13 nitrogen and oxygen atoms in total. The Balaban J connectivity index is 0.000000112. The molecule has 0 saturated heterocycles. The van der Waals surface area contributed by atoms with Crippen molar-refractivity contribution in [1.29, 1.82) is 15.8 Å². The highest BCUT2D eigenvalue weighted by Crippen LogP contribution is 2.47. The second-order valence-corrected chi connectivity index (χ2v) is 33.8. The van der Waals surface area contributed by atoms with Crippen molar-refractivity contribution in [3.05, 3.63) is 454 Å². The van der Waals surface area contributed by atoms with E-state index in [0.29, 0.717) is 22.5 Å². The van der Waals surface area contributed by atoms with Gasteiger partial charge in [-0.25, -0.2) is 24.9 Å². The third kappa shape index (κ3) is 14.9. The third-order valence-corrected chi connectivity index (χ3v) is 25.6. The number of rotatable bonds is 12. The molecule has 0 fully saturated rings. The fourth-order valence-corrected chi connectivity index (χ4v) is 19.1. The van der Waals surface area contributed by atoms with E-state index in [9.17, 15) is 15.8 Å². The van der Waals surface area contributed by atoms with Crippen LogP contribution in [0.25, 0.3) is 255 Å². The molecule has 9 heterocycles. The predicted molar refractivity (Wildman–Crippen MR) is 553 cm³/mol. The number of benzene rings is 17. The summed E-state index contributed by atoms with van der Waals surface area (Å²) in [6, 6.07) is 151. The Hall–Kier alpha value is -19.3. The van der Waals surface area contributed by atoms with E-state index in [-0.39, 0.29) is 0 Å². The Bertz CT molecular complexity index is 9340. The highest BCUT2D eigenvalue weighted by atomic mass is 16.3. The van der Waals surface area contributed by atoms with Crippen LogP contribution in [-0.4, -0.2) is 34.9 Å². The molecule has 26 rings (SSSR count). The summed E-state index contributed by atoms with van der Waals surface area (Å²) in [5.74, 6) is 0.692. The maximum Gasteiger partial charge on any atom is 0.160 e. The first-order valence-electron chi connectivity index (χ1n) is 45.1. The number of hydrogen-bond acceptors (Lipinski definition) is 13. The topological polar surface area (TPSA) is 201 Å². The van der Waals surface area contributed by atoms with Crippen LogP contribution in [-0.2, 0) is 0 Å². The largest absolute Gasteiger partial charge is 0.455 e. The van der Waals surface area contributed by atoms with Gasteiger partial charge in [0.2, 0.25) is 0 Å². The number of furan rings is 3. The van der Waals surface area contributed by atoms with Crippen molar-refractivity contribution in [2.45, 2.75) is 0 Å². The van der Waals surface area contributed by atoms with Gasteiger partial charge in [0.1, 0.15) is 33.5 Å². The first kappa shape index (κ1) is 81.0. The summed E-state index contributed by atoms with van der Waals surface area (Å²) in [6.45, 7) is 0. The number of aromatic nitrogens is 7. The third-order valence-electron chi connectivity index (χ3n) is 25.6. The van der Waals surface area contributed by atoms with E-state index in [1.807, 2.05) is 231 Å². The van der Waals surface area contributed by atoms with Crippen LogP contribution >= 0.6 is 0 Å².